The molecule has 5 rings (SSSR count). The second-order valence-electron chi connectivity index (χ2n) is 10.2. The van der Waals surface area contributed by atoms with Crippen molar-refractivity contribution < 1.29 is 23.8 Å². The molecular formula is C30H34N4O5S. The van der Waals surface area contributed by atoms with Gasteiger partial charge in [-0.3, -0.25) is 9.59 Å². The van der Waals surface area contributed by atoms with E-state index in [9.17, 15) is 9.59 Å². The normalized spacial score (nSPS) is 15.4. The van der Waals surface area contributed by atoms with Crippen LogP contribution >= 0.6 is 11.8 Å². The van der Waals surface area contributed by atoms with Crippen LogP contribution in [-0.2, 0) is 16.1 Å². The molecular weight excluding hydrogens is 528 g/mol. The lowest BCUT2D eigenvalue weighted by atomic mass is 9.79. The van der Waals surface area contributed by atoms with Gasteiger partial charge in [-0.25, -0.2) is 9.97 Å². The number of aromatic nitrogens is 2. The first-order valence-corrected chi connectivity index (χ1v) is 14.4. The maximum atomic E-state index is 14.2. The number of anilines is 1. The third-order valence-electron chi connectivity index (χ3n) is 7.34. The van der Waals surface area contributed by atoms with Gasteiger partial charge in [-0.05, 0) is 62.6 Å². The van der Waals surface area contributed by atoms with E-state index in [0.717, 1.165) is 42.0 Å². The van der Waals surface area contributed by atoms with E-state index in [4.69, 9.17) is 14.2 Å². The Morgan fingerprint density at radius 2 is 1.68 bits per heavy atom. The standard InChI is InChI=1S/C30H34N4O5S/c1-20-15-21(2)32-29(31-20)40-18-27(35)34(17-22-7-10-24(37-3)11-8-22)30(13-5-4-6-14-30)28(36)33-23-9-12-25-26(16-23)39-19-38-25/h7-12,15-16H,4-6,13-14,17-19H2,1-3H3,(H,33,36). The molecule has 10 heteroatoms. The minimum Gasteiger partial charge on any atom is -0.497 e. The smallest absolute Gasteiger partial charge is 0.250 e. The molecule has 210 valence electrons. The molecule has 1 aromatic heterocycles. The maximum absolute atomic E-state index is 14.2. The number of methoxy groups -OCH3 is 1. The zero-order valence-corrected chi connectivity index (χ0v) is 23.9. The fourth-order valence-corrected chi connectivity index (χ4v) is 6.16. The molecule has 1 aliphatic carbocycles. The third kappa shape index (κ3) is 6.17. The van der Waals surface area contributed by atoms with Gasteiger partial charge >= 0.3 is 0 Å². The van der Waals surface area contributed by atoms with Gasteiger partial charge in [0.2, 0.25) is 18.6 Å². The van der Waals surface area contributed by atoms with Crippen LogP contribution in [0.5, 0.6) is 17.2 Å². The molecule has 9 nitrogen and oxygen atoms in total. The highest BCUT2D eigenvalue weighted by atomic mass is 32.2. The molecule has 2 amide bonds. The van der Waals surface area contributed by atoms with Gasteiger partial charge in [-0.1, -0.05) is 43.2 Å². The van der Waals surface area contributed by atoms with Gasteiger partial charge in [0.1, 0.15) is 11.3 Å². The van der Waals surface area contributed by atoms with Crippen LogP contribution in [0.2, 0.25) is 0 Å². The average Bonchev–Trinajstić information content (AvgIpc) is 3.43. The molecule has 1 fully saturated rings. The number of carbonyl (C=O) groups is 2. The van der Waals surface area contributed by atoms with E-state index in [0.29, 0.717) is 41.7 Å². The topological polar surface area (TPSA) is 103 Å². The fourth-order valence-electron chi connectivity index (χ4n) is 5.33. The highest BCUT2D eigenvalue weighted by Crippen LogP contribution is 2.39. The summed E-state index contributed by atoms with van der Waals surface area (Å²) >= 11 is 1.30. The molecule has 2 aliphatic rings. The lowest BCUT2D eigenvalue weighted by Crippen LogP contribution is -2.60. The first-order chi connectivity index (χ1) is 19.4. The number of hydrogen-bond acceptors (Lipinski definition) is 8. The number of benzene rings is 2. The maximum Gasteiger partial charge on any atom is 0.250 e. The molecule has 0 bridgehead atoms. The van der Waals surface area contributed by atoms with Crippen molar-refractivity contribution in [3.05, 3.63) is 65.5 Å². The lowest BCUT2D eigenvalue weighted by Gasteiger charge is -2.45. The second-order valence-corrected chi connectivity index (χ2v) is 11.1. The quantitative estimate of drug-likeness (QED) is 0.277. The Bertz CT molecular complexity index is 1350. The zero-order chi connectivity index (χ0) is 28.1. The minimum absolute atomic E-state index is 0.123. The van der Waals surface area contributed by atoms with Crippen LogP contribution in [0.25, 0.3) is 0 Å². The van der Waals surface area contributed by atoms with E-state index in [1.165, 1.54) is 11.8 Å². The number of nitrogens with one attached hydrogen (secondary N) is 1. The van der Waals surface area contributed by atoms with Gasteiger partial charge < -0.3 is 24.4 Å². The minimum atomic E-state index is -1.00. The summed E-state index contributed by atoms with van der Waals surface area (Å²) in [6, 6.07) is 14.9. The van der Waals surface area contributed by atoms with Crippen molar-refractivity contribution in [3.63, 3.8) is 0 Å². The number of thioether (sulfide) groups is 1. The van der Waals surface area contributed by atoms with Crippen molar-refractivity contribution in [1.29, 1.82) is 0 Å². The van der Waals surface area contributed by atoms with Gasteiger partial charge in [0.15, 0.2) is 16.7 Å². The molecule has 1 saturated carbocycles. The number of nitrogens with zero attached hydrogens (tertiary/aromatic N) is 3. The fraction of sp³-hybridized carbons (Fsp3) is 0.400. The molecule has 40 heavy (non-hydrogen) atoms. The summed E-state index contributed by atoms with van der Waals surface area (Å²) in [7, 11) is 1.62. The van der Waals surface area contributed by atoms with E-state index in [1.54, 1.807) is 30.2 Å². The summed E-state index contributed by atoms with van der Waals surface area (Å²) in [6.45, 7) is 4.27. The van der Waals surface area contributed by atoms with Crippen LogP contribution in [0.1, 0.15) is 49.1 Å². The number of fused-ring (bicyclic) bond motifs is 1. The molecule has 0 saturated heterocycles. The van der Waals surface area contributed by atoms with Crippen molar-refractivity contribution >= 4 is 29.3 Å². The Balaban J connectivity index is 1.44. The average molecular weight is 563 g/mol. The molecule has 0 unspecified atom stereocenters. The van der Waals surface area contributed by atoms with Crippen molar-refractivity contribution in [3.8, 4) is 17.2 Å². The SMILES string of the molecule is COc1ccc(CN(C(=O)CSc2nc(C)cc(C)n2)C2(C(=O)Nc3ccc4c(c3)OCO4)CCCCC2)cc1. The highest BCUT2D eigenvalue weighted by molar-refractivity contribution is 7.99. The van der Waals surface area contributed by atoms with Crippen molar-refractivity contribution in [2.24, 2.45) is 0 Å². The summed E-state index contributed by atoms with van der Waals surface area (Å²) in [5.74, 6) is 1.76. The first kappa shape index (κ1) is 27.8. The van der Waals surface area contributed by atoms with E-state index in [2.05, 4.69) is 15.3 Å². The summed E-state index contributed by atoms with van der Waals surface area (Å²) < 4.78 is 16.2. The molecule has 0 radical (unpaired) electrons. The lowest BCUT2D eigenvalue weighted by molar-refractivity contribution is -0.146. The number of amides is 2. The molecule has 1 N–H and O–H groups in total. The van der Waals surface area contributed by atoms with Gasteiger partial charge in [-0.2, -0.15) is 0 Å². The molecule has 1 aliphatic heterocycles. The highest BCUT2D eigenvalue weighted by Gasteiger charge is 2.47. The molecule has 0 atom stereocenters. The van der Waals surface area contributed by atoms with Crippen LogP contribution in [0, 0.1) is 13.8 Å². The summed E-state index contributed by atoms with van der Waals surface area (Å²) in [6.07, 6.45) is 3.89. The first-order valence-electron chi connectivity index (χ1n) is 13.5. The molecule has 2 heterocycles. The van der Waals surface area contributed by atoms with Crippen LogP contribution < -0.4 is 19.5 Å². The Hall–Kier alpha value is -3.79. The van der Waals surface area contributed by atoms with Crippen LogP contribution in [-0.4, -0.2) is 51.9 Å². The Morgan fingerprint density at radius 3 is 2.38 bits per heavy atom. The predicted octanol–water partition coefficient (Wildman–Crippen LogP) is 5.29. The summed E-state index contributed by atoms with van der Waals surface area (Å²) in [5, 5.41) is 3.64. The predicted molar refractivity (Wildman–Crippen MR) is 153 cm³/mol. The van der Waals surface area contributed by atoms with Crippen LogP contribution in [0.4, 0.5) is 5.69 Å². The van der Waals surface area contributed by atoms with E-state index in [1.807, 2.05) is 44.2 Å². The van der Waals surface area contributed by atoms with Crippen molar-refractivity contribution in [2.75, 3.05) is 25.0 Å². The van der Waals surface area contributed by atoms with Gasteiger partial charge in [0, 0.05) is 29.7 Å². The Kier molecular flexibility index (Phi) is 8.44. The van der Waals surface area contributed by atoms with Crippen LogP contribution in [0.15, 0.2) is 53.7 Å². The van der Waals surface area contributed by atoms with Gasteiger partial charge in [-0.15, -0.1) is 0 Å². The number of hydrogen-bond donors (Lipinski definition) is 1. The summed E-state index contributed by atoms with van der Waals surface area (Å²) in [4.78, 5) is 38.9. The van der Waals surface area contributed by atoms with E-state index in [-0.39, 0.29) is 24.4 Å². The van der Waals surface area contributed by atoms with Gasteiger partial charge in [0.25, 0.3) is 0 Å². The number of aryl methyl sites for hydroxylation is 2. The number of carbonyl (C=O) groups excluding carboxylic acids is 2. The number of rotatable bonds is 9. The van der Waals surface area contributed by atoms with Gasteiger partial charge in [0.05, 0.1) is 12.9 Å². The van der Waals surface area contributed by atoms with E-state index >= 15 is 0 Å². The molecule has 3 aromatic rings. The van der Waals surface area contributed by atoms with E-state index < -0.39 is 5.54 Å². The monoisotopic (exact) mass is 562 g/mol. The second kappa shape index (κ2) is 12.2. The zero-order valence-electron chi connectivity index (χ0n) is 23.1. The largest absolute Gasteiger partial charge is 0.497 e. The molecule has 0 spiro atoms. The Labute approximate surface area is 238 Å². The van der Waals surface area contributed by atoms with Crippen molar-refractivity contribution in [1.82, 2.24) is 14.9 Å². The Morgan fingerprint density at radius 1 is 0.975 bits per heavy atom. The molecule has 2 aromatic carbocycles. The summed E-state index contributed by atoms with van der Waals surface area (Å²) in [5.41, 5.74) is 2.22. The third-order valence-corrected chi connectivity index (χ3v) is 8.17. The number of ether oxygens (including phenoxy) is 3. The van der Waals surface area contributed by atoms with Crippen LogP contribution in [0.3, 0.4) is 0 Å². The van der Waals surface area contributed by atoms with Crippen molar-refractivity contribution in [2.45, 2.75) is 63.2 Å².